The molecule has 15 rings (SSSR count). The van der Waals surface area contributed by atoms with E-state index in [1.165, 1.54) is 0 Å². The van der Waals surface area contributed by atoms with Gasteiger partial charge < -0.3 is 27.4 Å². The van der Waals surface area contributed by atoms with E-state index in [-0.39, 0.29) is 0 Å². The van der Waals surface area contributed by atoms with Gasteiger partial charge in [0.15, 0.2) is 28.6 Å². The SMILES string of the molecule is O=P(c1ccccc1)(c1ccccc1)c1cc(-n2c3ccccc3c3cc(P(=O)(c4ccccc4)c4ccccc4)ccc32)cc(-n2c3ccc(P(=O)(c4ccccc4)c4ccccc4)cc3c3cc(P(=O)(c4ccccc4)c4ccccc4)ccc32)c1. The number of rotatable bonds is 14. The molecule has 13 aromatic carbocycles. The lowest BCUT2D eigenvalue weighted by Crippen LogP contribution is -2.26. The van der Waals surface area contributed by atoms with Gasteiger partial charge in [-0.25, -0.2) is 0 Å². The molecule has 6 nitrogen and oxygen atoms in total. The van der Waals surface area contributed by atoms with Crippen molar-refractivity contribution in [3.05, 3.63) is 340 Å². The average Bonchev–Trinajstić information content (AvgIpc) is 1.57. The minimum absolute atomic E-state index is 0.608. The third kappa shape index (κ3) is 8.94. The molecule has 0 atom stereocenters. The molecule has 88 heavy (non-hydrogen) atoms. The van der Waals surface area contributed by atoms with E-state index in [1.807, 2.05) is 273 Å². The van der Waals surface area contributed by atoms with Gasteiger partial charge in [-0.3, -0.25) is 0 Å². The standard InChI is InChI=1S/C78H56N2O4P4/c81-85(59-27-9-1-10-28-59,60-29-11-2-12-30-60)67-45-48-76-72(54-67)71-43-25-26-44-75(71)79(76)57-51-58(53-70(52-57)88(84,65-39-21-7-22-40-65)66-41-23-8-24-42-66)80-77-49-46-68(86(82,61-31-13-3-14-32-61)62-33-15-4-16-34-62)55-73(77)74-56-69(47-50-78(74)80)87(83,63-35-17-5-18-36-63)64-37-19-6-20-38-64/h1-56H. The van der Waals surface area contributed by atoms with Gasteiger partial charge in [0.05, 0.1) is 22.1 Å². The zero-order valence-corrected chi connectivity index (χ0v) is 51.2. The lowest BCUT2D eigenvalue weighted by molar-refractivity contribution is 0.591. The molecule has 0 aliphatic carbocycles. The quantitative estimate of drug-likeness (QED) is 0.102. The summed E-state index contributed by atoms with van der Waals surface area (Å²) in [7, 11) is -14.1. The molecule has 0 N–H and O–H groups in total. The second kappa shape index (κ2) is 22.3. The third-order valence-electron chi connectivity index (χ3n) is 17.2. The van der Waals surface area contributed by atoms with Crippen molar-refractivity contribution >= 4 is 136 Å². The minimum Gasteiger partial charge on any atom is -0.309 e. The maximum Gasteiger partial charge on any atom is 0.171 e. The summed E-state index contributed by atoms with van der Waals surface area (Å²) in [6.45, 7) is 0. The Balaban J connectivity index is 1.04. The van der Waals surface area contributed by atoms with Crippen LogP contribution in [0.1, 0.15) is 0 Å². The van der Waals surface area contributed by atoms with Crippen LogP contribution in [0, 0.1) is 0 Å². The molecule has 0 bridgehead atoms. The van der Waals surface area contributed by atoms with Crippen molar-refractivity contribution < 1.29 is 18.3 Å². The first-order chi connectivity index (χ1) is 43.2. The summed E-state index contributed by atoms with van der Waals surface area (Å²) in [6, 6.07) is 111. The fraction of sp³-hybridized carbons (Fsp3) is 0. The van der Waals surface area contributed by atoms with E-state index in [4.69, 9.17) is 0 Å². The summed E-state index contributed by atoms with van der Waals surface area (Å²) in [6.07, 6.45) is 0. The molecule has 15 aromatic rings. The van der Waals surface area contributed by atoms with Crippen LogP contribution in [-0.4, -0.2) is 9.13 Å². The summed E-state index contributed by atoms with van der Waals surface area (Å²) < 4.78 is 70.4. The molecule has 2 aromatic heterocycles. The van der Waals surface area contributed by atoms with Gasteiger partial charge in [-0.15, -0.1) is 0 Å². The summed E-state index contributed by atoms with van der Waals surface area (Å²) in [5.74, 6) is 0. The molecule has 0 saturated heterocycles. The molecular formula is C78H56N2O4P4. The molecule has 422 valence electrons. The van der Waals surface area contributed by atoms with Gasteiger partial charge in [0.2, 0.25) is 0 Å². The van der Waals surface area contributed by atoms with Crippen molar-refractivity contribution in [3.8, 4) is 11.4 Å². The fourth-order valence-electron chi connectivity index (χ4n) is 13.0. The van der Waals surface area contributed by atoms with Crippen LogP contribution in [0.15, 0.2) is 340 Å². The van der Waals surface area contributed by atoms with E-state index < -0.39 is 28.6 Å². The Kier molecular flexibility index (Phi) is 13.9. The second-order valence-corrected chi connectivity index (χ2v) is 33.2. The number of hydrogen-bond acceptors (Lipinski definition) is 4. The molecule has 0 aliphatic rings. The van der Waals surface area contributed by atoms with E-state index in [0.717, 1.165) is 65.6 Å². The Hall–Kier alpha value is -9.62. The molecule has 0 fully saturated rings. The maximum atomic E-state index is 17.1. The number of benzene rings is 13. The summed E-state index contributed by atoms with van der Waals surface area (Å²) in [5, 5.41) is 11.8. The monoisotopic (exact) mass is 1210 g/mol. The van der Waals surface area contributed by atoms with Crippen molar-refractivity contribution in [1.82, 2.24) is 9.13 Å². The normalized spacial score (nSPS) is 12.3. The minimum atomic E-state index is -3.71. The molecule has 0 amide bonds. The summed E-state index contributed by atoms with van der Waals surface area (Å²) in [4.78, 5) is 0. The lowest BCUT2D eigenvalue weighted by Gasteiger charge is -2.23. The van der Waals surface area contributed by atoms with Crippen LogP contribution in [-0.2, 0) is 18.3 Å². The van der Waals surface area contributed by atoms with Crippen LogP contribution in [0.4, 0.5) is 0 Å². The van der Waals surface area contributed by atoms with E-state index in [2.05, 4.69) is 75.9 Å². The second-order valence-electron chi connectivity index (χ2n) is 22.1. The van der Waals surface area contributed by atoms with Crippen molar-refractivity contribution in [1.29, 1.82) is 0 Å². The Morgan fingerprint density at radius 2 is 0.386 bits per heavy atom. The van der Waals surface area contributed by atoms with Crippen LogP contribution in [0.25, 0.3) is 55.0 Å². The molecule has 0 saturated carbocycles. The van der Waals surface area contributed by atoms with E-state index in [9.17, 15) is 0 Å². The fourth-order valence-corrected chi connectivity index (χ4v) is 23.7. The summed E-state index contributed by atoms with van der Waals surface area (Å²) in [5.41, 5.74) is 4.88. The van der Waals surface area contributed by atoms with Gasteiger partial charge in [0, 0.05) is 96.6 Å². The first-order valence-electron chi connectivity index (χ1n) is 29.3. The van der Waals surface area contributed by atoms with E-state index >= 15 is 18.3 Å². The predicted molar refractivity (Wildman–Crippen MR) is 373 cm³/mol. The van der Waals surface area contributed by atoms with Crippen LogP contribution in [0.5, 0.6) is 0 Å². The highest BCUT2D eigenvalue weighted by Gasteiger charge is 2.36. The third-order valence-corrected chi connectivity index (χ3v) is 29.4. The molecule has 0 unspecified atom stereocenters. The van der Waals surface area contributed by atoms with Gasteiger partial charge in [-0.1, -0.05) is 261 Å². The number of aromatic nitrogens is 2. The van der Waals surface area contributed by atoms with Gasteiger partial charge in [0.1, 0.15) is 0 Å². The number of hydrogen-bond donors (Lipinski definition) is 0. The highest BCUT2D eigenvalue weighted by Crippen LogP contribution is 2.49. The van der Waals surface area contributed by atoms with Crippen molar-refractivity contribution in [2.24, 2.45) is 0 Å². The van der Waals surface area contributed by atoms with Gasteiger partial charge >= 0.3 is 0 Å². The van der Waals surface area contributed by atoms with Crippen molar-refractivity contribution in [2.75, 3.05) is 0 Å². The van der Waals surface area contributed by atoms with Gasteiger partial charge in [0.25, 0.3) is 0 Å². The molecule has 0 spiro atoms. The highest BCUT2D eigenvalue weighted by molar-refractivity contribution is 7.86. The van der Waals surface area contributed by atoms with Gasteiger partial charge in [-0.2, -0.15) is 0 Å². The average molecular weight is 1210 g/mol. The zero-order valence-electron chi connectivity index (χ0n) is 47.6. The highest BCUT2D eigenvalue weighted by atomic mass is 31.2. The molecule has 0 aliphatic heterocycles. The van der Waals surface area contributed by atoms with E-state index in [0.29, 0.717) is 53.0 Å². The zero-order chi connectivity index (χ0) is 59.5. The van der Waals surface area contributed by atoms with Crippen LogP contribution < -0.4 is 63.7 Å². The molecular weight excluding hydrogens is 1150 g/mol. The van der Waals surface area contributed by atoms with Gasteiger partial charge in [-0.05, 0) is 78.9 Å². The predicted octanol–water partition coefficient (Wildman–Crippen LogP) is 14.4. The van der Waals surface area contributed by atoms with Crippen molar-refractivity contribution in [2.45, 2.75) is 0 Å². The first-order valence-corrected chi connectivity index (χ1v) is 36.1. The van der Waals surface area contributed by atoms with E-state index in [1.54, 1.807) is 0 Å². The number of nitrogens with zero attached hydrogens (tertiary/aromatic N) is 2. The van der Waals surface area contributed by atoms with Crippen LogP contribution >= 0.6 is 28.6 Å². The van der Waals surface area contributed by atoms with Crippen LogP contribution in [0.2, 0.25) is 0 Å². The smallest absolute Gasteiger partial charge is 0.171 e. The largest absolute Gasteiger partial charge is 0.309 e. The topological polar surface area (TPSA) is 78.1 Å². The number of fused-ring (bicyclic) bond motifs is 6. The Labute approximate surface area is 511 Å². The van der Waals surface area contributed by atoms with Crippen LogP contribution in [0.3, 0.4) is 0 Å². The molecule has 2 heterocycles. The molecule has 0 radical (unpaired) electrons. The first kappa shape index (κ1) is 55.0. The number of para-hydroxylation sites is 1. The molecule has 10 heteroatoms. The Morgan fingerprint density at radius 3 is 0.659 bits per heavy atom. The maximum absolute atomic E-state index is 17.1. The van der Waals surface area contributed by atoms with Crippen molar-refractivity contribution in [3.63, 3.8) is 0 Å². The summed E-state index contributed by atoms with van der Waals surface area (Å²) >= 11 is 0. The Bertz CT molecular complexity index is 4990. The lowest BCUT2D eigenvalue weighted by atomic mass is 10.1. The Morgan fingerprint density at radius 1 is 0.170 bits per heavy atom.